The van der Waals surface area contributed by atoms with E-state index in [9.17, 15) is 19.2 Å². The van der Waals surface area contributed by atoms with Crippen LogP contribution in [0.1, 0.15) is 30.4 Å². The molecule has 7 heteroatoms. The van der Waals surface area contributed by atoms with Crippen molar-refractivity contribution >= 4 is 23.6 Å². The van der Waals surface area contributed by atoms with Crippen LogP contribution < -0.4 is 0 Å². The Balaban J connectivity index is 1.92. The molecule has 7 nitrogen and oxygen atoms in total. The Morgan fingerprint density at radius 2 is 1.48 bits per heavy atom. The van der Waals surface area contributed by atoms with Crippen LogP contribution >= 0.6 is 0 Å². The zero-order valence-electron chi connectivity index (χ0n) is 17.7. The number of ketones is 1. The highest BCUT2D eigenvalue weighted by Crippen LogP contribution is 2.29. The molecule has 1 atom stereocenters. The van der Waals surface area contributed by atoms with Gasteiger partial charge in [-0.1, -0.05) is 60.7 Å². The average molecular weight is 422 g/mol. The molecule has 3 rings (SSSR count). The van der Waals surface area contributed by atoms with E-state index in [1.54, 1.807) is 0 Å². The van der Waals surface area contributed by atoms with E-state index >= 15 is 0 Å². The Hall–Kier alpha value is -3.48. The van der Waals surface area contributed by atoms with Gasteiger partial charge in [0.2, 0.25) is 11.8 Å². The summed E-state index contributed by atoms with van der Waals surface area (Å²) in [6, 6.07) is 17.8. The summed E-state index contributed by atoms with van der Waals surface area (Å²) in [6.07, 6.45) is -0.224. The van der Waals surface area contributed by atoms with Crippen molar-refractivity contribution in [2.75, 3.05) is 26.7 Å². The first-order valence-electron chi connectivity index (χ1n) is 10.2. The van der Waals surface area contributed by atoms with E-state index in [2.05, 4.69) is 0 Å². The second-order valence-electron chi connectivity index (χ2n) is 7.54. The minimum absolute atomic E-state index is 0.000819. The van der Waals surface area contributed by atoms with Crippen molar-refractivity contribution in [3.05, 3.63) is 71.8 Å². The molecule has 31 heavy (non-hydrogen) atoms. The number of methoxy groups -OCH3 is 1. The monoisotopic (exact) mass is 422 g/mol. The zero-order valence-corrected chi connectivity index (χ0v) is 17.7. The number of carbonyl (C=O) groups is 4. The lowest BCUT2D eigenvalue weighted by atomic mass is 9.89. The third-order valence-electron chi connectivity index (χ3n) is 5.40. The lowest BCUT2D eigenvalue weighted by Crippen LogP contribution is -2.60. The number of rotatable bonds is 6. The summed E-state index contributed by atoms with van der Waals surface area (Å²) < 4.78 is 4.93. The van der Waals surface area contributed by atoms with E-state index in [-0.39, 0.29) is 43.7 Å². The molecule has 2 aromatic rings. The summed E-state index contributed by atoms with van der Waals surface area (Å²) in [7, 11) is 1.26. The van der Waals surface area contributed by atoms with Crippen LogP contribution in [0.2, 0.25) is 0 Å². The van der Waals surface area contributed by atoms with Crippen molar-refractivity contribution in [3.63, 3.8) is 0 Å². The molecule has 1 aliphatic heterocycles. The maximum absolute atomic E-state index is 13.7. The minimum Gasteiger partial charge on any atom is -0.467 e. The summed E-state index contributed by atoms with van der Waals surface area (Å²) in [6.45, 7) is 1.78. The predicted octanol–water partition coefficient (Wildman–Crippen LogP) is 2.01. The fraction of sp³-hybridized carbons (Fsp3) is 0.333. The fourth-order valence-electron chi connectivity index (χ4n) is 3.87. The van der Waals surface area contributed by atoms with Gasteiger partial charge in [-0.05, 0) is 18.1 Å². The Morgan fingerprint density at radius 1 is 0.935 bits per heavy atom. The van der Waals surface area contributed by atoms with E-state index in [1.807, 2.05) is 60.7 Å². The number of ether oxygens (including phenoxy) is 1. The summed E-state index contributed by atoms with van der Waals surface area (Å²) in [5.41, 5.74) is 1.63. The van der Waals surface area contributed by atoms with Gasteiger partial charge in [0.15, 0.2) is 0 Å². The van der Waals surface area contributed by atoms with Gasteiger partial charge >= 0.3 is 5.97 Å². The van der Waals surface area contributed by atoms with Crippen molar-refractivity contribution in [2.24, 2.45) is 0 Å². The average Bonchev–Trinajstić information content (AvgIpc) is 2.79. The molecule has 0 aromatic heterocycles. The molecule has 2 aromatic carbocycles. The second kappa shape index (κ2) is 10.0. The van der Waals surface area contributed by atoms with E-state index < -0.39 is 17.9 Å². The third kappa shape index (κ3) is 5.17. The Bertz CT molecular complexity index is 905. The lowest BCUT2D eigenvalue weighted by Gasteiger charge is -2.41. The van der Waals surface area contributed by atoms with Gasteiger partial charge in [-0.15, -0.1) is 0 Å². The van der Waals surface area contributed by atoms with Gasteiger partial charge in [0.1, 0.15) is 11.8 Å². The molecule has 0 aliphatic carbocycles. The minimum atomic E-state index is -0.933. The number of amides is 2. The van der Waals surface area contributed by atoms with Crippen LogP contribution in [0.15, 0.2) is 60.7 Å². The standard InChI is InChI=1S/C24H26N2O5/c1-17(27)15-21(28)25-13-14-26(20(16-25)24(30)31-2)23(29)22(18-9-5-3-6-10-18)19-11-7-4-8-12-19/h3-12,20,22H,13-16H2,1-2H3/t20-/m0/s1. The van der Waals surface area contributed by atoms with Crippen LogP contribution in [-0.2, 0) is 23.9 Å². The number of carbonyl (C=O) groups excluding carboxylic acids is 4. The van der Waals surface area contributed by atoms with Gasteiger partial charge in [0.25, 0.3) is 0 Å². The summed E-state index contributed by atoms with van der Waals surface area (Å²) in [4.78, 5) is 52.9. The molecule has 0 spiro atoms. The SMILES string of the molecule is COC(=O)[C@@H]1CN(C(=O)CC(C)=O)CCN1C(=O)C(c1ccccc1)c1ccccc1. The third-order valence-corrected chi connectivity index (χ3v) is 5.40. The maximum Gasteiger partial charge on any atom is 0.330 e. The normalized spacial score (nSPS) is 16.2. The highest BCUT2D eigenvalue weighted by atomic mass is 16.5. The van der Waals surface area contributed by atoms with E-state index in [0.29, 0.717) is 0 Å². The number of benzene rings is 2. The fourth-order valence-corrected chi connectivity index (χ4v) is 3.87. The Kier molecular flexibility index (Phi) is 7.18. The molecular weight excluding hydrogens is 396 g/mol. The highest BCUT2D eigenvalue weighted by Gasteiger charge is 2.40. The molecule has 0 N–H and O–H groups in total. The first kappa shape index (κ1) is 22.2. The van der Waals surface area contributed by atoms with Gasteiger partial charge in [0.05, 0.1) is 26.0 Å². The van der Waals surface area contributed by atoms with Crippen LogP contribution in [0.5, 0.6) is 0 Å². The first-order chi connectivity index (χ1) is 14.9. The molecule has 0 radical (unpaired) electrons. The predicted molar refractivity (Wildman–Crippen MR) is 114 cm³/mol. The summed E-state index contributed by atoms with van der Waals surface area (Å²) >= 11 is 0. The maximum atomic E-state index is 13.7. The van der Waals surface area contributed by atoms with Crippen LogP contribution in [0, 0.1) is 0 Å². The quantitative estimate of drug-likeness (QED) is 0.525. The Labute approximate surface area is 181 Å². The molecule has 2 amide bonds. The molecule has 0 unspecified atom stereocenters. The van der Waals surface area contributed by atoms with Crippen LogP contribution in [0.4, 0.5) is 0 Å². The Morgan fingerprint density at radius 3 is 1.97 bits per heavy atom. The second-order valence-corrected chi connectivity index (χ2v) is 7.54. The summed E-state index contributed by atoms with van der Waals surface area (Å²) in [5, 5.41) is 0. The number of esters is 1. The molecular formula is C24H26N2O5. The topological polar surface area (TPSA) is 84.0 Å². The molecule has 1 aliphatic rings. The molecule has 0 bridgehead atoms. The molecule has 162 valence electrons. The van der Waals surface area contributed by atoms with Gasteiger partial charge in [-0.3, -0.25) is 14.4 Å². The van der Waals surface area contributed by atoms with E-state index in [4.69, 9.17) is 4.74 Å². The van der Waals surface area contributed by atoms with Crippen LogP contribution in [0.25, 0.3) is 0 Å². The molecule has 1 fully saturated rings. The van der Waals surface area contributed by atoms with Crippen LogP contribution in [0.3, 0.4) is 0 Å². The van der Waals surface area contributed by atoms with Gasteiger partial charge in [-0.2, -0.15) is 0 Å². The van der Waals surface area contributed by atoms with E-state index in [0.717, 1.165) is 11.1 Å². The summed E-state index contributed by atoms with van der Waals surface area (Å²) in [5.74, 6) is -2.00. The van der Waals surface area contributed by atoms with Crippen molar-refractivity contribution in [3.8, 4) is 0 Å². The first-order valence-corrected chi connectivity index (χ1v) is 10.2. The molecule has 1 saturated heterocycles. The zero-order chi connectivity index (χ0) is 22.4. The number of Topliss-reactive ketones (excluding diaryl/α,β-unsaturated/α-hetero) is 1. The van der Waals surface area contributed by atoms with E-state index in [1.165, 1.54) is 23.8 Å². The molecule has 1 heterocycles. The van der Waals surface area contributed by atoms with Gasteiger partial charge < -0.3 is 14.5 Å². The number of piperazine rings is 1. The number of hydrogen-bond donors (Lipinski definition) is 0. The van der Waals surface area contributed by atoms with Crippen molar-refractivity contribution in [1.82, 2.24) is 9.80 Å². The number of nitrogens with zero attached hydrogens (tertiary/aromatic N) is 2. The van der Waals surface area contributed by atoms with Crippen molar-refractivity contribution in [1.29, 1.82) is 0 Å². The largest absolute Gasteiger partial charge is 0.467 e. The van der Waals surface area contributed by atoms with Gasteiger partial charge in [-0.25, -0.2) is 4.79 Å². The molecule has 0 saturated carbocycles. The van der Waals surface area contributed by atoms with Crippen LogP contribution in [-0.4, -0.2) is 66.2 Å². The van der Waals surface area contributed by atoms with Crippen molar-refractivity contribution in [2.45, 2.75) is 25.3 Å². The van der Waals surface area contributed by atoms with Crippen molar-refractivity contribution < 1.29 is 23.9 Å². The number of hydrogen-bond acceptors (Lipinski definition) is 5. The van der Waals surface area contributed by atoms with Gasteiger partial charge in [0, 0.05) is 13.1 Å². The highest BCUT2D eigenvalue weighted by molar-refractivity contribution is 5.97. The lowest BCUT2D eigenvalue weighted by molar-refractivity contribution is -0.158. The smallest absolute Gasteiger partial charge is 0.330 e.